The molecule has 0 aromatic heterocycles. The minimum absolute atomic E-state index is 0.403. The summed E-state index contributed by atoms with van der Waals surface area (Å²) in [5, 5.41) is 6.71. The van der Waals surface area contributed by atoms with Crippen molar-refractivity contribution in [3.05, 3.63) is 120 Å². The molecule has 0 aliphatic carbocycles. The van der Waals surface area contributed by atoms with Crippen LogP contribution < -0.4 is 20.1 Å². The Morgan fingerprint density at radius 2 is 0.927 bits per heavy atom. The smallest absolute Gasteiger partial charge is 0.329 e. The van der Waals surface area contributed by atoms with Crippen LogP contribution in [0.25, 0.3) is 0 Å². The molecule has 2 N–H and O–H groups in total. The zero-order valence-corrected chi connectivity index (χ0v) is 23.6. The Hall–Kier alpha value is -3.91. The van der Waals surface area contributed by atoms with E-state index in [0.29, 0.717) is 26.3 Å². The van der Waals surface area contributed by atoms with Crippen LogP contribution in [0.3, 0.4) is 0 Å². The molecule has 7 nitrogen and oxygen atoms in total. The van der Waals surface area contributed by atoms with Gasteiger partial charge in [0.15, 0.2) is 0 Å². The molecule has 0 heterocycles. The summed E-state index contributed by atoms with van der Waals surface area (Å²) in [7, 11) is 6.82. The van der Waals surface area contributed by atoms with E-state index in [4.69, 9.17) is 23.5 Å². The molecule has 2 radical (unpaired) electrons. The van der Waals surface area contributed by atoms with Crippen LogP contribution in [0.4, 0.5) is 11.4 Å². The molecule has 0 amide bonds. The molecule has 0 aliphatic heterocycles. The van der Waals surface area contributed by atoms with Crippen molar-refractivity contribution < 1.29 is 23.5 Å². The van der Waals surface area contributed by atoms with Gasteiger partial charge in [-0.05, 0) is 59.7 Å². The Morgan fingerprint density at radius 1 is 0.537 bits per heavy atom. The largest absolute Gasteiger partial charge is 0.497 e. The molecule has 0 saturated carbocycles. The van der Waals surface area contributed by atoms with E-state index in [1.54, 1.807) is 29.2 Å². The van der Waals surface area contributed by atoms with Gasteiger partial charge in [0.25, 0.3) is 0 Å². The van der Waals surface area contributed by atoms with Gasteiger partial charge in [-0.2, -0.15) is 0 Å². The lowest BCUT2D eigenvalue weighted by atomic mass is 9.80. The predicted molar refractivity (Wildman–Crippen MR) is 166 cm³/mol. The summed E-state index contributed by atoms with van der Waals surface area (Å²) in [4.78, 5) is 0. The van der Waals surface area contributed by atoms with Crippen molar-refractivity contribution in [1.82, 2.24) is 0 Å². The molecule has 4 aromatic carbocycles. The Morgan fingerprint density at radius 3 is 1.29 bits per heavy atom. The summed E-state index contributed by atoms with van der Waals surface area (Å²) >= 11 is 0. The topological polar surface area (TPSA) is 70.2 Å². The second kappa shape index (κ2) is 17.0. The average Bonchev–Trinajstić information content (AvgIpc) is 3.04. The molecule has 0 fully saturated rings. The Kier molecular flexibility index (Phi) is 12.5. The molecule has 2 unspecified atom stereocenters. The second-order valence-corrected chi connectivity index (χ2v) is 9.12. The summed E-state index contributed by atoms with van der Waals surface area (Å²) in [6.07, 6.45) is 0. The first-order valence-corrected chi connectivity index (χ1v) is 13.7. The van der Waals surface area contributed by atoms with E-state index in [2.05, 4.69) is 10.6 Å². The molecular formula is C32H36B2N2O5. The molecule has 0 bridgehead atoms. The second-order valence-electron chi connectivity index (χ2n) is 9.12. The van der Waals surface area contributed by atoms with Gasteiger partial charge in [0.2, 0.25) is 0 Å². The maximum atomic E-state index is 6.57. The molecule has 41 heavy (non-hydrogen) atoms. The van der Waals surface area contributed by atoms with Gasteiger partial charge < -0.3 is 34.2 Å². The predicted octanol–water partition coefficient (Wildman–Crippen LogP) is 5.91. The van der Waals surface area contributed by atoms with Crippen molar-refractivity contribution >= 4 is 26.3 Å². The van der Waals surface area contributed by atoms with Crippen molar-refractivity contribution in [2.45, 2.75) is 12.0 Å². The maximum absolute atomic E-state index is 6.57. The lowest BCUT2D eigenvalue weighted by molar-refractivity contribution is 0.0569. The SMILES string of the molecule is COc1ccc(NCCO[B]C(OC([B]OCCNc2ccc(OC)cc2)c2ccccc2)c2ccccc2)cc1. The van der Waals surface area contributed by atoms with Crippen molar-refractivity contribution in [1.29, 1.82) is 0 Å². The van der Waals surface area contributed by atoms with E-state index >= 15 is 0 Å². The standard InChI is InChI=1S/C32H36B2N2O5/c1-37-29-17-13-27(14-18-29)35-21-23-39-33-31(25-9-5-3-6-10-25)41-32(26-11-7-4-8-12-26)34-40-24-22-36-28-15-19-30(38-2)20-16-28/h3-20,31-32,35-36H,21-24H2,1-2H3. The fourth-order valence-electron chi connectivity index (χ4n) is 4.06. The van der Waals surface area contributed by atoms with E-state index in [-0.39, 0.29) is 0 Å². The van der Waals surface area contributed by atoms with E-state index in [1.807, 2.05) is 109 Å². The first-order chi connectivity index (χ1) is 20.2. The number of nitrogens with one attached hydrogen (secondary N) is 2. The van der Waals surface area contributed by atoms with Gasteiger partial charge in [-0.25, -0.2) is 0 Å². The van der Waals surface area contributed by atoms with E-state index in [0.717, 1.165) is 34.0 Å². The third-order valence-electron chi connectivity index (χ3n) is 6.27. The van der Waals surface area contributed by atoms with Crippen LogP contribution in [0, 0.1) is 0 Å². The van der Waals surface area contributed by atoms with Gasteiger partial charge >= 0.3 is 15.0 Å². The highest BCUT2D eigenvalue weighted by atomic mass is 16.5. The maximum Gasteiger partial charge on any atom is 0.329 e. The van der Waals surface area contributed by atoms with Crippen LogP contribution in [0.5, 0.6) is 11.5 Å². The zero-order chi connectivity index (χ0) is 28.5. The van der Waals surface area contributed by atoms with Gasteiger partial charge in [0, 0.05) is 37.7 Å². The van der Waals surface area contributed by atoms with Crippen LogP contribution in [-0.2, 0) is 14.0 Å². The number of hydrogen-bond donors (Lipinski definition) is 2. The Bertz CT molecular complexity index is 1150. The monoisotopic (exact) mass is 550 g/mol. The van der Waals surface area contributed by atoms with Gasteiger partial charge in [-0.1, -0.05) is 60.7 Å². The van der Waals surface area contributed by atoms with Crippen molar-refractivity contribution in [3.8, 4) is 11.5 Å². The molecule has 0 spiro atoms. The van der Waals surface area contributed by atoms with Crippen LogP contribution in [0.15, 0.2) is 109 Å². The number of ether oxygens (including phenoxy) is 3. The van der Waals surface area contributed by atoms with E-state index in [1.165, 1.54) is 0 Å². The first-order valence-electron chi connectivity index (χ1n) is 13.7. The van der Waals surface area contributed by atoms with Crippen molar-refractivity contribution in [2.24, 2.45) is 0 Å². The molecule has 9 heteroatoms. The highest BCUT2D eigenvalue weighted by Crippen LogP contribution is 2.26. The van der Waals surface area contributed by atoms with Crippen LogP contribution in [-0.4, -0.2) is 55.5 Å². The lowest BCUT2D eigenvalue weighted by Gasteiger charge is -2.24. The summed E-state index contributed by atoms with van der Waals surface area (Å²) < 4.78 is 28.9. The fraction of sp³-hybridized carbons (Fsp3) is 0.250. The number of methoxy groups -OCH3 is 2. The van der Waals surface area contributed by atoms with Crippen molar-refractivity contribution in [2.75, 3.05) is 51.2 Å². The van der Waals surface area contributed by atoms with Crippen LogP contribution in [0.2, 0.25) is 0 Å². The molecule has 4 aromatic rings. The summed E-state index contributed by atoms with van der Waals surface area (Å²) in [5.41, 5.74) is 3.99. The van der Waals surface area contributed by atoms with E-state index in [9.17, 15) is 0 Å². The fourth-order valence-corrected chi connectivity index (χ4v) is 4.06. The first kappa shape index (κ1) is 30.1. The summed E-state index contributed by atoms with van der Waals surface area (Å²) in [6.45, 7) is 2.24. The highest BCUT2D eigenvalue weighted by molar-refractivity contribution is 6.31. The summed E-state index contributed by atoms with van der Waals surface area (Å²) in [5.74, 6) is 1.65. The third kappa shape index (κ3) is 10.2. The lowest BCUT2D eigenvalue weighted by Crippen LogP contribution is -2.25. The van der Waals surface area contributed by atoms with Gasteiger partial charge in [-0.15, -0.1) is 0 Å². The van der Waals surface area contributed by atoms with Crippen molar-refractivity contribution in [3.63, 3.8) is 0 Å². The minimum Gasteiger partial charge on any atom is -0.497 e. The summed E-state index contributed by atoms with van der Waals surface area (Å²) in [6, 6.07) is 34.9. The van der Waals surface area contributed by atoms with Gasteiger partial charge in [0.1, 0.15) is 11.5 Å². The number of hydrogen-bond acceptors (Lipinski definition) is 7. The molecule has 2 atom stereocenters. The molecular weight excluding hydrogens is 514 g/mol. The minimum atomic E-state index is -0.403. The molecule has 0 aliphatic rings. The number of rotatable bonds is 18. The Balaban J connectivity index is 1.30. The number of benzene rings is 4. The third-order valence-corrected chi connectivity index (χ3v) is 6.27. The number of anilines is 2. The normalized spacial score (nSPS) is 12.1. The molecule has 210 valence electrons. The van der Waals surface area contributed by atoms with Gasteiger partial charge in [0.05, 0.1) is 26.2 Å². The molecule has 0 saturated heterocycles. The quantitative estimate of drug-likeness (QED) is 0.118. The van der Waals surface area contributed by atoms with Gasteiger partial charge in [-0.3, -0.25) is 0 Å². The molecule has 4 rings (SSSR count). The van der Waals surface area contributed by atoms with Crippen LogP contribution >= 0.6 is 0 Å². The average molecular weight is 550 g/mol. The zero-order valence-electron chi connectivity index (χ0n) is 23.6. The Labute approximate surface area is 244 Å². The highest BCUT2D eigenvalue weighted by Gasteiger charge is 2.23. The van der Waals surface area contributed by atoms with E-state index < -0.39 is 12.0 Å². The van der Waals surface area contributed by atoms with Crippen LogP contribution in [0.1, 0.15) is 23.1 Å².